The van der Waals surface area contributed by atoms with E-state index in [0.717, 1.165) is 64.2 Å². The molecule has 0 saturated carbocycles. The van der Waals surface area contributed by atoms with Crippen LogP contribution in [0.1, 0.15) is 12.8 Å². The quantitative estimate of drug-likeness (QED) is 0.373. The highest BCUT2D eigenvalue weighted by atomic mass is 79.9. The van der Waals surface area contributed by atoms with Gasteiger partial charge in [-0.1, -0.05) is 15.9 Å². The van der Waals surface area contributed by atoms with Gasteiger partial charge >= 0.3 is 0 Å². The highest BCUT2D eigenvalue weighted by molar-refractivity contribution is 9.10. The summed E-state index contributed by atoms with van der Waals surface area (Å²) in [5.41, 5.74) is 2.54. The molecule has 0 bridgehead atoms. The highest BCUT2D eigenvalue weighted by Gasteiger charge is 2.17. The molecule has 0 amide bonds. The van der Waals surface area contributed by atoms with E-state index in [0.29, 0.717) is 25.1 Å². The van der Waals surface area contributed by atoms with Crippen LogP contribution in [0.5, 0.6) is 11.5 Å². The number of ether oxygens (including phenoxy) is 3. The number of hydrogen-bond acceptors (Lipinski definition) is 8. The Labute approximate surface area is 196 Å². The van der Waals surface area contributed by atoms with Gasteiger partial charge in [-0.25, -0.2) is 9.97 Å². The monoisotopic (exact) mass is 501 g/mol. The third-order valence-electron chi connectivity index (χ3n) is 5.40. The lowest BCUT2D eigenvalue weighted by molar-refractivity contribution is 0.146. The number of methoxy groups -OCH3 is 2. The first-order valence-electron chi connectivity index (χ1n) is 10.7. The third-order valence-corrected chi connectivity index (χ3v) is 5.89. The van der Waals surface area contributed by atoms with Crippen molar-refractivity contribution in [1.82, 2.24) is 15.3 Å². The van der Waals surface area contributed by atoms with Crippen molar-refractivity contribution in [3.05, 3.63) is 41.1 Å². The summed E-state index contributed by atoms with van der Waals surface area (Å²) in [6, 6.07) is 10.2. The number of rotatable bonds is 9. The summed E-state index contributed by atoms with van der Waals surface area (Å²) in [5, 5.41) is 11.4. The van der Waals surface area contributed by atoms with Crippen LogP contribution >= 0.6 is 15.9 Å². The molecule has 1 aromatic heterocycles. The molecule has 3 N–H and O–H groups in total. The molecule has 4 rings (SSSR count). The molecule has 32 heavy (non-hydrogen) atoms. The summed E-state index contributed by atoms with van der Waals surface area (Å²) in [7, 11) is 3.32. The average Bonchev–Trinajstić information content (AvgIpc) is 2.81. The Bertz CT molecular complexity index is 1060. The van der Waals surface area contributed by atoms with Crippen LogP contribution in [0.4, 0.5) is 17.2 Å². The van der Waals surface area contributed by atoms with Gasteiger partial charge in [0.1, 0.15) is 30.3 Å². The fourth-order valence-corrected chi connectivity index (χ4v) is 4.10. The van der Waals surface area contributed by atoms with Crippen LogP contribution in [0, 0.1) is 0 Å². The van der Waals surface area contributed by atoms with E-state index in [1.54, 1.807) is 20.5 Å². The van der Waals surface area contributed by atoms with Crippen molar-refractivity contribution >= 4 is 44.0 Å². The second-order valence-electron chi connectivity index (χ2n) is 7.57. The lowest BCUT2D eigenvalue weighted by Crippen LogP contribution is -2.35. The zero-order valence-corrected chi connectivity index (χ0v) is 19.9. The molecule has 0 spiro atoms. The fourth-order valence-electron chi connectivity index (χ4n) is 3.74. The molecule has 9 heteroatoms. The van der Waals surface area contributed by atoms with Gasteiger partial charge in [0.25, 0.3) is 0 Å². The van der Waals surface area contributed by atoms with Gasteiger partial charge in [0, 0.05) is 29.1 Å². The maximum Gasteiger partial charge on any atom is 0.144 e. The molecule has 0 radical (unpaired) electrons. The van der Waals surface area contributed by atoms with Gasteiger partial charge in [0.05, 0.1) is 30.6 Å². The molecule has 1 saturated heterocycles. The number of benzene rings is 2. The number of nitrogens with one attached hydrogen (secondary N) is 3. The Hall–Kier alpha value is -2.62. The van der Waals surface area contributed by atoms with Crippen LogP contribution in [-0.2, 0) is 4.74 Å². The predicted octanol–water partition coefficient (Wildman–Crippen LogP) is 4.33. The molecule has 1 aliphatic rings. The van der Waals surface area contributed by atoms with Crippen LogP contribution in [0.2, 0.25) is 0 Å². The van der Waals surface area contributed by atoms with E-state index >= 15 is 0 Å². The standard InChI is InChI=1S/C23H28BrN5O3/c1-30-9-10-32-22-13-18-17(12-20(22)28-16-5-7-25-8-6-16)23(27-14-26-18)29-19-11-15(24)3-4-21(19)31-2/h3-4,11-14,16,25,28H,5-10H2,1-2H3,(H,26,27,29). The number of hydrogen-bond donors (Lipinski definition) is 3. The predicted molar refractivity (Wildman–Crippen MR) is 130 cm³/mol. The van der Waals surface area contributed by atoms with Gasteiger partial charge in [-0.05, 0) is 50.2 Å². The Morgan fingerprint density at radius 3 is 2.66 bits per heavy atom. The van der Waals surface area contributed by atoms with E-state index in [-0.39, 0.29) is 0 Å². The number of anilines is 3. The molecule has 0 unspecified atom stereocenters. The SMILES string of the molecule is COCCOc1cc2ncnc(Nc3cc(Br)ccc3OC)c2cc1NC1CCNCC1. The van der Waals surface area contributed by atoms with Crippen molar-refractivity contribution in [2.24, 2.45) is 0 Å². The van der Waals surface area contributed by atoms with Crippen molar-refractivity contribution in [3.63, 3.8) is 0 Å². The van der Waals surface area contributed by atoms with Gasteiger partial charge in [-0.3, -0.25) is 0 Å². The third kappa shape index (κ3) is 5.40. The molecule has 1 aliphatic heterocycles. The van der Waals surface area contributed by atoms with Gasteiger partial charge in [0.15, 0.2) is 0 Å². The number of aromatic nitrogens is 2. The topological polar surface area (TPSA) is 89.6 Å². The minimum Gasteiger partial charge on any atom is -0.495 e. The van der Waals surface area contributed by atoms with Crippen molar-refractivity contribution in [1.29, 1.82) is 0 Å². The van der Waals surface area contributed by atoms with Crippen LogP contribution in [0.25, 0.3) is 10.9 Å². The molecular formula is C23H28BrN5O3. The van der Waals surface area contributed by atoms with E-state index in [1.165, 1.54) is 0 Å². The first-order valence-corrected chi connectivity index (χ1v) is 11.5. The summed E-state index contributed by atoms with van der Waals surface area (Å²) in [6.07, 6.45) is 3.66. The largest absolute Gasteiger partial charge is 0.495 e. The summed E-state index contributed by atoms with van der Waals surface area (Å²) in [5.74, 6) is 2.19. The fraction of sp³-hybridized carbons (Fsp3) is 0.391. The molecule has 0 aliphatic carbocycles. The summed E-state index contributed by atoms with van der Waals surface area (Å²) in [4.78, 5) is 8.99. The van der Waals surface area contributed by atoms with Crippen molar-refractivity contribution in [2.45, 2.75) is 18.9 Å². The van der Waals surface area contributed by atoms with Crippen LogP contribution in [-0.4, -0.2) is 56.5 Å². The number of nitrogens with zero attached hydrogens (tertiary/aromatic N) is 2. The Morgan fingerprint density at radius 2 is 1.88 bits per heavy atom. The van der Waals surface area contributed by atoms with E-state index in [2.05, 4.69) is 47.9 Å². The second-order valence-corrected chi connectivity index (χ2v) is 8.48. The number of halogens is 1. The molecule has 8 nitrogen and oxygen atoms in total. The molecule has 2 heterocycles. The maximum absolute atomic E-state index is 6.03. The molecule has 2 aromatic carbocycles. The van der Waals surface area contributed by atoms with Gasteiger partial charge in [-0.2, -0.15) is 0 Å². The Morgan fingerprint density at radius 1 is 1.03 bits per heavy atom. The maximum atomic E-state index is 6.03. The Kier molecular flexibility index (Phi) is 7.62. The lowest BCUT2D eigenvalue weighted by atomic mass is 10.1. The van der Waals surface area contributed by atoms with Crippen molar-refractivity contribution in [2.75, 3.05) is 51.2 Å². The van der Waals surface area contributed by atoms with Crippen LogP contribution in [0.3, 0.4) is 0 Å². The summed E-state index contributed by atoms with van der Waals surface area (Å²) < 4.78 is 17.6. The first kappa shape index (κ1) is 22.6. The Balaban J connectivity index is 1.71. The average molecular weight is 502 g/mol. The molecule has 0 atom stereocenters. The van der Waals surface area contributed by atoms with Crippen LogP contribution < -0.4 is 25.4 Å². The van der Waals surface area contributed by atoms with Gasteiger partial charge in [-0.15, -0.1) is 0 Å². The van der Waals surface area contributed by atoms with Gasteiger partial charge in [0.2, 0.25) is 0 Å². The van der Waals surface area contributed by atoms with Crippen molar-refractivity contribution in [3.8, 4) is 11.5 Å². The molecular weight excluding hydrogens is 474 g/mol. The lowest BCUT2D eigenvalue weighted by Gasteiger charge is -2.26. The van der Waals surface area contributed by atoms with Crippen LogP contribution in [0.15, 0.2) is 41.1 Å². The first-order chi connectivity index (χ1) is 15.7. The summed E-state index contributed by atoms with van der Waals surface area (Å²) >= 11 is 3.52. The zero-order valence-electron chi connectivity index (χ0n) is 18.3. The van der Waals surface area contributed by atoms with E-state index in [1.807, 2.05) is 24.3 Å². The molecule has 3 aromatic rings. The smallest absolute Gasteiger partial charge is 0.144 e. The minimum atomic E-state index is 0.379. The number of piperidine rings is 1. The summed E-state index contributed by atoms with van der Waals surface area (Å²) in [6.45, 7) is 2.99. The second kappa shape index (κ2) is 10.8. The van der Waals surface area contributed by atoms with E-state index in [9.17, 15) is 0 Å². The van der Waals surface area contributed by atoms with Gasteiger partial charge < -0.3 is 30.2 Å². The highest BCUT2D eigenvalue weighted by Crippen LogP contribution is 2.36. The molecule has 1 fully saturated rings. The number of fused-ring (bicyclic) bond motifs is 1. The zero-order chi connectivity index (χ0) is 22.3. The van der Waals surface area contributed by atoms with E-state index < -0.39 is 0 Å². The normalized spacial score (nSPS) is 14.3. The van der Waals surface area contributed by atoms with E-state index in [4.69, 9.17) is 14.2 Å². The minimum absolute atomic E-state index is 0.379. The van der Waals surface area contributed by atoms with Crippen molar-refractivity contribution < 1.29 is 14.2 Å². The molecule has 170 valence electrons.